The van der Waals surface area contributed by atoms with Crippen molar-refractivity contribution < 1.29 is 14.3 Å². The molecule has 29 heavy (non-hydrogen) atoms. The first-order valence-electron chi connectivity index (χ1n) is 11.1. The fraction of sp³-hybridized carbons (Fsp3) is 0.857. The highest BCUT2D eigenvalue weighted by molar-refractivity contribution is 5.82. The molecule has 2 aliphatic heterocycles. The van der Waals surface area contributed by atoms with E-state index in [4.69, 9.17) is 9.73 Å². The highest BCUT2D eigenvalue weighted by Crippen LogP contribution is 2.20. The SMILES string of the molecule is CCNC(=NCCCN1CCCC1C(=O)N(C)C)N1CCCC(C(=O)OCC)C1. The van der Waals surface area contributed by atoms with E-state index in [1.54, 1.807) is 4.90 Å². The van der Waals surface area contributed by atoms with E-state index in [1.165, 1.54) is 0 Å². The molecule has 2 rings (SSSR count). The van der Waals surface area contributed by atoms with Gasteiger partial charge in [-0.3, -0.25) is 19.5 Å². The van der Waals surface area contributed by atoms with Gasteiger partial charge in [0.15, 0.2) is 5.96 Å². The van der Waals surface area contributed by atoms with Crippen LogP contribution in [-0.2, 0) is 14.3 Å². The van der Waals surface area contributed by atoms with Crippen LogP contribution in [0.5, 0.6) is 0 Å². The Kier molecular flexibility index (Phi) is 9.70. The van der Waals surface area contributed by atoms with Crippen LogP contribution in [0.1, 0.15) is 46.0 Å². The van der Waals surface area contributed by atoms with Crippen molar-refractivity contribution in [1.29, 1.82) is 0 Å². The molecule has 1 amide bonds. The third kappa shape index (κ3) is 6.87. The van der Waals surface area contributed by atoms with Gasteiger partial charge in [0.05, 0.1) is 18.6 Å². The summed E-state index contributed by atoms with van der Waals surface area (Å²) in [5, 5.41) is 3.36. The number of nitrogens with one attached hydrogen (secondary N) is 1. The number of rotatable bonds is 8. The first-order chi connectivity index (χ1) is 14.0. The summed E-state index contributed by atoms with van der Waals surface area (Å²) in [6, 6.07) is 0.0228. The fourth-order valence-electron chi connectivity index (χ4n) is 4.18. The highest BCUT2D eigenvalue weighted by atomic mass is 16.5. The van der Waals surface area contributed by atoms with Gasteiger partial charge in [-0.05, 0) is 52.5 Å². The summed E-state index contributed by atoms with van der Waals surface area (Å²) in [4.78, 5) is 35.4. The molecule has 2 saturated heterocycles. The monoisotopic (exact) mass is 409 g/mol. The minimum Gasteiger partial charge on any atom is -0.466 e. The number of hydrogen-bond acceptors (Lipinski definition) is 5. The van der Waals surface area contributed by atoms with Gasteiger partial charge in [-0.15, -0.1) is 0 Å². The Morgan fingerprint density at radius 1 is 1.17 bits per heavy atom. The van der Waals surface area contributed by atoms with Gasteiger partial charge in [0, 0.05) is 46.8 Å². The van der Waals surface area contributed by atoms with Gasteiger partial charge >= 0.3 is 5.97 Å². The van der Waals surface area contributed by atoms with Crippen LogP contribution in [-0.4, -0.2) is 98.5 Å². The second-order valence-electron chi connectivity index (χ2n) is 8.05. The van der Waals surface area contributed by atoms with Crippen LogP contribution in [0.2, 0.25) is 0 Å². The molecule has 2 unspecified atom stereocenters. The Morgan fingerprint density at radius 3 is 2.62 bits per heavy atom. The molecule has 8 heteroatoms. The largest absolute Gasteiger partial charge is 0.466 e. The zero-order valence-corrected chi connectivity index (χ0v) is 18.7. The van der Waals surface area contributed by atoms with Gasteiger partial charge in [-0.1, -0.05) is 0 Å². The van der Waals surface area contributed by atoms with Crippen molar-refractivity contribution in [3.05, 3.63) is 0 Å². The Morgan fingerprint density at radius 2 is 1.93 bits per heavy atom. The first kappa shape index (κ1) is 23.4. The zero-order chi connectivity index (χ0) is 21.2. The van der Waals surface area contributed by atoms with Gasteiger partial charge in [0.2, 0.25) is 5.91 Å². The van der Waals surface area contributed by atoms with Crippen LogP contribution in [0.4, 0.5) is 0 Å². The van der Waals surface area contributed by atoms with Crippen LogP contribution in [0, 0.1) is 5.92 Å². The molecule has 0 radical (unpaired) electrons. The molecular weight excluding hydrogens is 370 g/mol. The predicted octanol–water partition coefficient (Wildman–Crippen LogP) is 1.17. The summed E-state index contributed by atoms with van der Waals surface area (Å²) in [5.74, 6) is 0.912. The molecular formula is C21H39N5O3. The quantitative estimate of drug-likeness (QED) is 0.281. The molecule has 2 heterocycles. The second kappa shape index (κ2) is 12.0. The molecule has 2 atom stereocenters. The molecule has 8 nitrogen and oxygen atoms in total. The van der Waals surface area contributed by atoms with Gasteiger partial charge in [0.1, 0.15) is 0 Å². The number of ether oxygens (including phenoxy) is 1. The van der Waals surface area contributed by atoms with E-state index in [2.05, 4.69) is 22.0 Å². The number of esters is 1. The smallest absolute Gasteiger partial charge is 0.310 e. The van der Waals surface area contributed by atoms with Crippen LogP contribution in [0.15, 0.2) is 4.99 Å². The maximum atomic E-state index is 12.3. The lowest BCUT2D eigenvalue weighted by atomic mass is 9.98. The molecule has 0 saturated carbocycles. The summed E-state index contributed by atoms with van der Waals surface area (Å²) < 4.78 is 5.21. The number of aliphatic imine (C=N–C) groups is 1. The van der Waals surface area contributed by atoms with Gasteiger partial charge in [-0.2, -0.15) is 0 Å². The number of carbonyl (C=O) groups is 2. The Bertz CT molecular complexity index is 567. The standard InChI is InChI=1S/C21H39N5O3/c1-5-22-21(26-14-7-10-17(16-26)20(28)29-6-2)23-12-9-15-25-13-8-11-18(25)19(27)24(3)4/h17-18H,5-16H2,1-4H3,(H,22,23). The first-order valence-corrected chi connectivity index (χ1v) is 11.1. The van der Waals surface area contributed by atoms with Crippen LogP contribution < -0.4 is 5.32 Å². The van der Waals surface area contributed by atoms with E-state index >= 15 is 0 Å². The van der Waals surface area contributed by atoms with Gasteiger partial charge < -0.3 is 19.9 Å². The van der Waals surface area contributed by atoms with Crippen molar-refractivity contribution in [1.82, 2.24) is 20.0 Å². The second-order valence-corrected chi connectivity index (χ2v) is 8.05. The van der Waals surface area contributed by atoms with Crippen LogP contribution >= 0.6 is 0 Å². The minimum absolute atomic E-state index is 0.0228. The van der Waals surface area contributed by atoms with Crippen LogP contribution in [0.3, 0.4) is 0 Å². The highest BCUT2D eigenvalue weighted by Gasteiger charge is 2.31. The predicted molar refractivity (Wildman–Crippen MR) is 115 cm³/mol. The lowest BCUT2D eigenvalue weighted by Gasteiger charge is -2.34. The van der Waals surface area contributed by atoms with E-state index in [9.17, 15) is 9.59 Å². The number of amides is 1. The summed E-state index contributed by atoms with van der Waals surface area (Å²) in [6.07, 6.45) is 4.80. The van der Waals surface area contributed by atoms with E-state index < -0.39 is 0 Å². The number of likely N-dealkylation sites (tertiary alicyclic amines) is 2. The molecule has 166 valence electrons. The Balaban J connectivity index is 1.87. The number of nitrogens with zero attached hydrogens (tertiary/aromatic N) is 4. The molecule has 0 aliphatic carbocycles. The van der Waals surface area contributed by atoms with Crippen molar-refractivity contribution >= 4 is 17.8 Å². The van der Waals surface area contributed by atoms with E-state index in [0.29, 0.717) is 19.7 Å². The van der Waals surface area contributed by atoms with Crippen molar-refractivity contribution in [2.75, 3.05) is 60.0 Å². The number of piperidine rings is 1. The molecule has 0 spiro atoms. The zero-order valence-electron chi connectivity index (χ0n) is 18.7. The van der Waals surface area contributed by atoms with Crippen molar-refractivity contribution in [2.24, 2.45) is 10.9 Å². The average Bonchev–Trinajstić information content (AvgIpc) is 3.18. The molecule has 2 aliphatic rings. The Hall–Kier alpha value is -1.83. The maximum Gasteiger partial charge on any atom is 0.310 e. The molecule has 0 aromatic carbocycles. The van der Waals surface area contributed by atoms with Crippen molar-refractivity contribution in [2.45, 2.75) is 52.0 Å². The molecule has 1 N–H and O–H groups in total. The number of guanidine groups is 1. The minimum atomic E-state index is -0.0984. The lowest BCUT2D eigenvalue weighted by molar-refractivity contribution is -0.149. The molecule has 0 aromatic rings. The average molecular weight is 410 g/mol. The van der Waals surface area contributed by atoms with Crippen molar-refractivity contribution in [3.8, 4) is 0 Å². The van der Waals surface area contributed by atoms with Gasteiger partial charge in [0.25, 0.3) is 0 Å². The van der Waals surface area contributed by atoms with Gasteiger partial charge in [-0.25, -0.2) is 0 Å². The van der Waals surface area contributed by atoms with E-state index in [1.807, 2.05) is 21.0 Å². The van der Waals surface area contributed by atoms with E-state index in [0.717, 1.165) is 64.2 Å². The third-order valence-corrected chi connectivity index (χ3v) is 5.63. The molecule has 0 aromatic heterocycles. The third-order valence-electron chi connectivity index (χ3n) is 5.63. The normalized spacial score (nSPS) is 23.2. The molecule has 0 bridgehead atoms. The summed E-state index contributed by atoms with van der Waals surface area (Å²) in [5.41, 5.74) is 0. The topological polar surface area (TPSA) is 77.5 Å². The number of carbonyl (C=O) groups excluding carboxylic acids is 2. The van der Waals surface area contributed by atoms with E-state index in [-0.39, 0.29) is 23.8 Å². The van der Waals surface area contributed by atoms with Crippen molar-refractivity contribution in [3.63, 3.8) is 0 Å². The summed E-state index contributed by atoms with van der Waals surface area (Å²) in [6.45, 7) is 9.29. The fourth-order valence-corrected chi connectivity index (χ4v) is 4.18. The Labute approximate surface area is 175 Å². The maximum absolute atomic E-state index is 12.3. The van der Waals surface area contributed by atoms with Crippen LogP contribution in [0.25, 0.3) is 0 Å². The summed E-state index contributed by atoms with van der Waals surface area (Å²) in [7, 11) is 3.65. The lowest BCUT2D eigenvalue weighted by Crippen LogP contribution is -2.48. The summed E-state index contributed by atoms with van der Waals surface area (Å²) >= 11 is 0. The number of hydrogen-bond donors (Lipinski definition) is 1. The number of likely N-dealkylation sites (N-methyl/N-ethyl adjacent to an activating group) is 1. The molecule has 2 fully saturated rings.